The third-order valence-corrected chi connectivity index (χ3v) is 0.885. The molecule has 1 aromatic rings. The van der Waals surface area contributed by atoms with E-state index in [2.05, 4.69) is 4.98 Å². The molecule has 1 radical (unpaired) electrons. The first-order valence-corrected chi connectivity index (χ1v) is 2.37. The molecule has 0 fully saturated rings. The molecule has 1 N–H and O–H groups in total. The lowest BCUT2D eigenvalue weighted by atomic mass is 10.5. The largest absolute Gasteiger partial charge is 0.497 e. The van der Waals surface area contributed by atoms with Crippen LogP contribution in [0.15, 0.2) is 24.5 Å². The van der Waals surface area contributed by atoms with Gasteiger partial charge in [0.2, 0.25) is 0 Å². The summed E-state index contributed by atoms with van der Waals surface area (Å²) in [6.07, 6.45) is 3.39. The van der Waals surface area contributed by atoms with Gasteiger partial charge >= 0.3 is 0 Å². The van der Waals surface area contributed by atoms with E-state index >= 15 is 0 Å². The Bertz CT molecular complexity index is 152. The Morgan fingerprint density at radius 2 is 1.89 bits per heavy atom. The van der Waals surface area contributed by atoms with Gasteiger partial charge in [-0.3, -0.25) is 10.5 Å². The molecule has 0 unspecified atom stereocenters. The molecule has 0 saturated carbocycles. The van der Waals surface area contributed by atoms with Gasteiger partial charge in [0.15, 0.2) is 0 Å². The van der Waals surface area contributed by atoms with Gasteiger partial charge in [0, 0.05) is 12.4 Å². The standard InChI is InChI=1S/C6H7NO.HO/c1-8-6-2-4-7-5-3-6;/h2-5H,1H3;1H. The fraction of sp³-hybridized carbons (Fsp3) is 0.167. The van der Waals surface area contributed by atoms with Crippen LogP contribution in [0.1, 0.15) is 0 Å². The Morgan fingerprint density at radius 1 is 1.33 bits per heavy atom. The second-order valence-corrected chi connectivity index (χ2v) is 1.39. The van der Waals surface area contributed by atoms with Crippen LogP contribution in [0.25, 0.3) is 0 Å². The summed E-state index contributed by atoms with van der Waals surface area (Å²) in [5.74, 6) is 0.847. The predicted molar refractivity (Wildman–Crippen MR) is 32.7 cm³/mol. The lowest BCUT2D eigenvalue weighted by Gasteiger charge is -1.93. The van der Waals surface area contributed by atoms with Crippen LogP contribution in [0.5, 0.6) is 5.75 Å². The molecular formula is C6H8NO2. The first kappa shape index (κ1) is 7.91. The van der Waals surface area contributed by atoms with Crippen LogP contribution >= 0.6 is 0 Å². The number of ether oxygens (including phenoxy) is 1. The number of pyridine rings is 1. The first-order valence-electron chi connectivity index (χ1n) is 2.37. The Labute approximate surface area is 53.6 Å². The van der Waals surface area contributed by atoms with E-state index in [9.17, 15) is 0 Å². The first-order chi connectivity index (χ1) is 3.93. The van der Waals surface area contributed by atoms with Crippen molar-refractivity contribution in [2.24, 2.45) is 0 Å². The number of methoxy groups -OCH3 is 1. The summed E-state index contributed by atoms with van der Waals surface area (Å²) in [7, 11) is 1.63. The van der Waals surface area contributed by atoms with E-state index in [0.29, 0.717) is 0 Å². The highest BCUT2D eigenvalue weighted by Crippen LogP contribution is 2.03. The normalized spacial score (nSPS) is 7.67. The van der Waals surface area contributed by atoms with Crippen molar-refractivity contribution in [1.82, 2.24) is 4.98 Å². The quantitative estimate of drug-likeness (QED) is 0.608. The van der Waals surface area contributed by atoms with Gasteiger partial charge in [0.1, 0.15) is 5.75 Å². The van der Waals surface area contributed by atoms with Crippen LogP contribution in [0, 0.1) is 0 Å². The molecule has 9 heavy (non-hydrogen) atoms. The van der Waals surface area contributed by atoms with Gasteiger partial charge in [0.05, 0.1) is 7.11 Å². The maximum Gasteiger partial charge on any atom is 0.121 e. The Balaban J connectivity index is 0.000000640. The molecular weight excluding hydrogens is 118 g/mol. The van der Waals surface area contributed by atoms with Crippen LogP contribution in [0.2, 0.25) is 0 Å². The summed E-state index contributed by atoms with van der Waals surface area (Å²) in [5, 5.41) is 0. The van der Waals surface area contributed by atoms with Gasteiger partial charge in [-0.25, -0.2) is 0 Å². The molecule has 0 bridgehead atoms. The van der Waals surface area contributed by atoms with Crippen LogP contribution < -0.4 is 4.74 Å². The van der Waals surface area contributed by atoms with E-state index in [4.69, 9.17) is 4.74 Å². The topological polar surface area (TPSA) is 52.1 Å². The molecule has 0 aliphatic heterocycles. The summed E-state index contributed by atoms with van der Waals surface area (Å²) in [4.78, 5) is 3.81. The highest BCUT2D eigenvalue weighted by atomic mass is 16.5. The molecule has 49 valence electrons. The average molecular weight is 126 g/mol. The van der Waals surface area contributed by atoms with Gasteiger partial charge in [0.25, 0.3) is 0 Å². The molecule has 0 spiro atoms. The highest BCUT2D eigenvalue weighted by molar-refractivity contribution is 5.16. The molecule has 3 heteroatoms. The van der Waals surface area contributed by atoms with Gasteiger partial charge in [-0.15, -0.1) is 0 Å². The molecule has 1 rings (SSSR count). The van der Waals surface area contributed by atoms with E-state index in [1.54, 1.807) is 31.6 Å². The fourth-order valence-electron chi connectivity index (χ4n) is 0.474. The summed E-state index contributed by atoms with van der Waals surface area (Å²) >= 11 is 0. The molecule has 0 amide bonds. The van der Waals surface area contributed by atoms with Crippen molar-refractivity contribution in [3.05, 3.63) is 24.5 Å². The number of nitrogens with zero attached hydrogens (tertiary/aromatic N) is 1. The molecule has 1 aromatic heterocycles. The van der Waals surface area contributed by atoms with Crippen molar-refractivity contribution >= 4 is 0 Å². The average Bonchev–Trinajstić information content (AvgIpc) is 1.90. The van der Waals surface area contributed by atoms with Gasteiger partial charge in [-0.1, -0.05) is 0 Å². The third-order valence-electron chi connectivity index (χ3n) is 0.885. The van der Waals surface area contributed by atoms with E-state index in [-0.39, 0.29) is 5.48 Å². The van der Waals surface area contributed by atoms with Crippen LogP contribution in [-0.2, 0) is 0 Å². The molecule has 0 aliphatic carbocycles. The molecule has 0 atom stereocenters. The molecule has 0 saturated heterocycles. The van der Waals surface area contributed by atoms with E-state index in [1.807, 2.05) is 0 Å². The molecule has 1 heterocycles. The smallest absolute Gasteiger partial charge is 0.121 e. The van der Waals surface area contributed by atoms with Gasteiger partial charge in [-0.2, -0.15) is 0 Å². The van der Waals surface area contributed by atoms with Crippen molar-refractivity contribution in [3.8, 4) is 5.75 Å². The zero-order valence-corrected chi connectivity index (χ0v) is 5.11. The highest BCUT2D eigenvalue weighted by Gasteiger charge is 1.81. The Hall–Kier alpha value is -1.09. The minimum atomic E-state index is 0. The number of hydrogen-bond acceptors (Lipinski definition) is 2. The van der Waals surface area contributed by atoms with Crippen molar-refractivity contribution in [1.29, 1.82) is 0 Å². The second kappa shape index (κ2) is 3.86. The Morgan fingerprint density at radius 3 is 2.22 bits per heavy atom. The van der Waals surface area contributed by atoms with Crippen molar-refractivity contribution in [2.75, 3.05) is 7.11 Å². The fourth-order valence-corrected chi connectivity index (χ4v) is 0.474. The molecule has 3 nitrogen and oxygen atoms in total. The van der Waals surface area contributed by atoms with Crippen LogP contribution in [-0.4, -0.2) is 17.6 Å². The molecule has 0 aromatic carbocycles. The van der Waals surface area contributed by atoms with Gasteiger partial charge in [-0.05, 0) is 12.1 Å². The van der Waals surface area contributed by atoms with Crippen LogP contribution in [0.3, 0.4) is 0 Å². The summed E-state index contributed by atoms with van der Waals surface area (Å²) < 4.78 is 4.87. The van der Waals surface area contributed by atoms with Crippen molar-refractivity contribution in [3.63, 3.8) is 0 Å². The monoisotopic (exact) mass is 126 g/mol. The van der Waals surface area contributed by atoms with Crippen LogP contribution in [0.4, 0.5) is 0 Å². The zero-order valence-electron chi connectivity index (χ0n) is 5.11. The lowest BCUT2D eigenvalue weighted by Crippen LogP contribution is -1.80. The number of hydrogen-bond donors (Lipinski definition) is 1. The van der Waals surface area contributed by atoms with E-state index in [0.717, 1.165) is 5.75 Å². The summed E-state index contributed by atoms with van der Waals surface area (Å²) in [6.45, 7) is 0. The third kappa shape index (κ3) is 2.10. The van der Waals surface area contributed by atoms with Crippen molar-refractivity contribution in [2.45, 2.75) is 0 Å². The maximum atomic E-state index is 4.87. The lowest BCUT2D eigenvalue weighted by molar-refractivity contribution is 0.414. The number of aromatic nitrogens is 1. The Kier molecular flexibility index (Phi) is 3.39. The SMILES string of the molecule is COc1ccncc1.[OH]. The molecule has 0 aliphatic rings. The maximum absolute atomic E-state index is 4.87. The minimum Gasteiger partial charge on any atom is -0.497 e. The number of rotatable bonds is 1. The van der Waals surface area contributed by atoms with E-state index < -0.39 is 0 Å². The summed E-state index contributed by atoms with van der Waals surface area (Å²) in [6, 6.07) is 3.61. The summed E-state index contributed by atoms with van der Waals surface area (Å²) in [5.41, 5.74) is 0. The minimum absolute atomic E-state index is 0. The second-order valence-electron chi connectivity index (χ2n) is 1.39. The van der Waals surface area contributed by atoms with E-state index in [1.165, 1.54) is 0 Å². The zero-order chi connectivity index (χ0) is 5.82. The predicted octanol–water partition coefficient (Wildman–Crippen LogP) is 0.913. The van der Waals surface area contributed by atoms with Crippen molar-refractivity contribution < 1.29 is 10.2 Å². The van der Waals surface area contributed by atoms with Gasteiger partial charge < -0.3 is 4.74 Å².